The molecule has 0 bridgehead atoms. The van der Waals surface area contributed by atoms with Crippen molar-refractivity contribution in [1.29, 1.82) is 0 Å². The highest BCUT2D eigenvalue weighted by molar-refractivity contribution is 6.06. The van der Waals surface area contributed by atoms with E-state index in [9.17, 15) is 18.0 Å². The molecule has 1 aliphatic rings. The molecule has 0 spiro atoms. The Morgan fingerprint density at radius 3 is 2.47 bits per heavy atom. The molecule has 2 rings (SSSR count). The number of alkyl halides is 3. The number of rotatable bonds is 1. The van der Waals surface area contributed by atoms with Crippen molar-refractivity contribution < 1.29 is 18.0 Å². The van der Waals surface area contributed by atoms with Crippen molar-refractivity contribution in [3.63, 3.8) is 0 Å². The second-order valence-corrected chi connectivity index (χ2v) is 4.99. The van der Waals surface area contributed by atoms with Crippen LogP contribution in [0.5, 0.6) is 0 Å². The molecule has 1 N–H and O–H groups in total. The van der Waals surface area contributed by atoms with Crippen molar-refractivity contribution in [1.82, 2.24) is 0 Å². The predicted octanol–water partition coefficient (Wildman–Crippen LogP) is 3.26. The Hall–Kier alpha value is -1.72. The number of hydrogen-bond donors (Lipinski definition) is 1. The van der Waals surface area contributed by atoms with Crippen molar-refractivity contribution in [3.8, 4) is 0 Å². The maximum absolute atomic E-state index is 12.7. The van der Waals surface area contributed by atoms with Gasteiger partial charge in [-0.05, 0) is 39.0 Å². The summed E-state index contributed by atoms with van der Waals surface area (Å²) in [5.41, 5.74) is -0.718. The molecule has 0 radical (unpaired) electrons. The number of benzene rings is 1. The molecule has 1 heterocycles. The highest BCUT2D eigenvalue weighted by atomic mass is 19.4. The molecule has 6 heteroatoms. The molecule has 0 atom stereocenters. The molecule has 0 unspecified atom stereocenters. The van der Waals surface area contributed by atoms with E-state index in [1.54, 1.807) is 18.7 Å². The van der Waals surface area contributed by atoms with E-state index in [0.29, 0.717) is 12.2 Å². The standard InChI is InChI=1S/C13H15F3N2O/c1-4-18-10-6-5-8(13(14,15)16)7-9(10)17-11(19)12(18,2)3/h5-7H,4H2,1-3H3,(H,17,19). The minimum atomic E-state index is -4.41. The Balaban J connectivity index is 2.54. The molecule has 1 aromatic rings. The molecule has 0 aliphatic carbocycles. The van der Waals surface area contributed by atoms with Crippen LogP contribution in [-0.2, 0) is 11.0 Å². The van der Waals surface area contributed by atoms with Gasteiger partial charge in [-0.15, -0.1) is 0 Å². The lowest BCUT2D eigenvalue weighted by Crippen LogP contribution is -2.56. The predicted molar refractivity (Wildman–Crippen MR) is 67.2 cm³/mol. The Labute approximate surface area is 109 Å². The SMILES string of the molecule is CCN1c2ccc(C(F)(F)F)cc2NC(=O)C1(C)C. The van der Waals surface area contributed by atoms with E-state index in [2.05, 4.69) is 5.32 Å². The molecular formula is C13H15F3N2O. The number of carbonyl (C=O) groups excluding carboxylic acids is 1. The molecule has 0 saturated heterocycles. The molecule has 1 amide bonds. The van der Waals surface area contributed by atoms with Gasteiger partial charge in [-0.25, -0.2) is 0 Å². The van der Waals surface area contributed by atoms with Crippen LogP contribution in [0.4, 0.5) is 24.5 Å². The van der Waals surface area contributed by atoms with Crippen LogP contribution < -0.4 is 10.2 Å². The fourth-order valence-corrected chi connectivity index (χ4v) is 2.31. The average molecular weight is 272 g/mol. The summed E-state index contributed by atoms with van der Waals surface area (Å²) in [5.74, 6) is -0.304. The molecule has 0 fully saturated rings. The van der Waals surface area contributed by atoms with Gasteiger partial charge in [-0.2, -0.15) is 13.2 Å². The van der Waals surface area contributed by atoms with Crippen LogP contribution in [0.15, 0.2) is 18.2 Å². The smallest absolute Gasteiger partial charge is 0.356 e. The normalized spacial score (nSPS) is 18.0. The van der Waals surface area contributed by atoms with E-state index >= 15 is 0 Å². The number of anilines is 2. The van der Waals surface area contributed by atoms with Gasteiger partial charge >= 0.3 is 6.18 Å². The van der Waals surface area contributed by atoms with Crippen LogP contribution >= 0.6 is 0 Å². The third-order valence-corrected chi connectivity index (χ3v) is 3.41. The first-order valence-electron chi connectivity index (χ1n) is 5.98. The second-order valence-electron chi connectivity index (χ2n) is 4.99. The molecule has 0 aromatic heterocycles. The quantitative estimate of drug-likeness (QED) is 0.851. The number of hydrogen-bond acceptors (Lipinski definition) is 2. The monoisotopic (exact) mass is 272 g/mol. The Morgan fingerprint density at radius 2 is 1.95 bits per heavy atom. The lowest BCUT2D eigenvalue weighted by Gasteiger charge is -2.43. The number of fused-ring (bicyclic) bond motifs is 1. The van der Waals surface area contributed by atoms with Crippen molar-refractivity contribution in [3.05, 3.63) is 23.8 Å². The summed E-state index contributed by atoms with van der Waals surface area (Å²) >= 11 is 0. The molecule has 104 valence electrons. The van der Waals surface area contributed by atoms with E-state index in [4.69, 9.17) is 0 Å². The van der Waals surface area contributed by atoms with Gasteiger partial charge in [0.05, 0.1) is 16.9 Å². The highest BCUT2D eigenvalue weighted by Gasteiger charge is 2.40. The molecule has 1 aliphatic heterocycles. The summed E-state index contributed by atoms with van der Waals surface area (Å²) in [4.78, 5) is 13.8. The number of halogens is 3. The summed E-state index contributed by atoms with van der Waals surface area (Å²) in [6.45, 7) is 5.89. The largest absolute Gasteiger partial charge is 0.416 e. The van der Waals surface area contributed by atoms with Gasteiger partial charge in [-0.1, -0.05) is 0 Å². The maximum Gasteiger partial charge on any atom is 0.416 e. The zero-order valence-corrected chi connectivity index (χ0v) is 10.9. The van der Waals surface area contributed by atoms with Crippen LogP contribution in [0.3, 0.4) is 0 Å². The molecule has 1 aromatic carbocycles. The summed E-state index contributed by atoms with van der Waals surface area (Å²) in [6, 6.07) is 3.42. The van der Waals surface area contributed by atoms with Crippen LogP contribution in [0.1, 0.15) is 26.3 Å². The summed E-state index contributed by atoms with van der Waals surface area (Å²) < 4.78 is 38.0. The van der Waals surface area contributed by atoms with Crippen molar-refractivity contribution in [2.45, 2.75) is 32.5 Å². The number of carbonyl (C=O) groups is 1. The van der Waals surface area contributed by atoms with Crippen molar-refractivity contribution >= 4 is 17.3 Å². The van der Waals surface area contributed by atoms with Crippen LogP contribution in [0, 0.1) is 0 Å². The summed E-state index contributed by atoms with van der Waals surface area (Å²) in [5, 5.41) is 2.55. The number of nitrogens with zero attached hydrogens (tertiary/aromatic N) is 1. The number of amides is 1. The fraction of sp³-hybridized carbons (Fsp3) is 0.462. The van der Waals surface area contributed by atoms with Gasteiger partial charge in [0.2, 0.25) is 5.91 Å². The number of likely N-dealkylation sites (N-methyl/N-ethyl adjacent to an activating group) is 1. The van der Waals surface area contributed by atoms with Crippen LogP contribution in [0.2, 0.25) is 0 Å². The van der Waals surface area contributed by atoms with Crippen LogP contribution in [-0.4, -0.2) is 18.0 Å². The van der Waals surface area contributed by atoms with Gasteiger partial charge in [0.25, 0.3) is 0 Å². The fourth-order valence-electron chi connectivity index (χ4n) is 2.31. The van der Waals surface area contributed by atoms with E-state index < -0.39 is 17.3 Å². The Bertz CT molecular complexity index is 523. The second kappa shape index (κ2) is 4.15. The van der Waals surface area contributed by atoms with E-state index in [-0.39, 0.29) is 11.6 Å². The first-order chi connectivity index (χ1) is 8.67. The van der Waals surface area contributed by atoms with Crippen molar-refractivity contribution in [2.24, 2.45) is 0 Å². The summed E-state index contributed by atoms with van der Waals surface area (Å²) in [7, 11) is 0. The first-order valence-corrected chi connectivity index (χ1v) is 5.98. The summed E-state index contributed by atoms with van der Waals surface area (Å²) in [6.07, 6.45) is -4.41. The maximum atomic E-state index is 12.7. The lowest BCUT2D eigenvalue weighted by atomic mass is 9.96. The van der Waals surface area contributed by atoms with Crippen molar-refractivity contribution in [2.75, 3.05) is 16.8 Å². The lowest BCUT2D eigenvalue weighted by molar-refractivity contribution is -0.137. The van der Waals surface area contributed by atoms with Gasteiger partial charge in [-0.3, -0.25) is 4.79 Å². The number of nitrogens with one attached hydrogen (secondary N) is 1. The molecule has 19 heavy (non-hydrogen) atoms. The Morgan fingerprint density at radius 1 is 1.32 bits per heavy atom. The van der Waals surface area contributed by atoms with Gasteiger partial charge in [0.1, 0.15) is 5.54 Å². The molecular weight excluding hydrogens is 257 g/mol. The minimum absolute atomic E-state index is 0.209. The van der Waals surface area contributed by atoms with Gasteiger partial charge in [0, 0.05) is 6.54 Å². The topological polar surface area (TPSA) is 32.3 Å². The zero-order valence-electron chi connectivity index (χ0n) is 10.9. The highest BCUT2D eigenvalue weighted by Crippen LogP contribution is 2.40. The van der Waals surface area contributed by atoms with E-state index in [1.165, 1.54) is 6.07 Å². The third-order valence-electron chi connectivity index (χ3n) is 3.41. The Kier molecular flexibility index (Phi) is 2.99. The minimum Gasteiger partial charge on any atom is -0.356 e. The first kappa shape index (κ1) is 13.7. The molecule has 0 saturated carbocycles. The van der Waals surface area contributed by atoms with Gasteiger partial charge < -0.3 is 10.2 Å². The van der Waals surface area contributed by atoms with Gasteiger partial charge in [0.15, 0.2) is 0 Å². The van der Waals surface area contributed by atoms with Crippen LogP contribution in [0.25, 0.3) is 0 Å². The van der Waals surface area contributed by atoms with E-state index in [1.807, 2.05) is 6.92 Å². The average Bonchev–Trinajstić information content (AvgIpc) is 2.28. The molecule has 3 nitrogen and oxygen atoms in total. The third kappa shape index (κ3) is 2.15. The zero-order chi connectivity index (χ0) is 14.4. The van der Waals surface area contributed by atoms with E-state index in [0.717, 1.165) is 12.1 Å².